The predicted octanol–water partition coefficient (Wildman–Crippen LogP) is 1.79. The van der Waals surface area contributed by atoms with Crippen molar-refractivity contribution in [3.8, 4) is 0 Å². The summed E-state index contributed by atoms with van der Waals surface area (Å²) in [6.45, 7) is 1.97. The second kappa shape index (κ2) is 3.67. The Kier molecular flexibility index (Phi) is 2.68. The van der Waals surface area contributed by atoms with Gasteiger partial charge in [0, 0.05) is 17.2 Å². The normalized spacial score (nSPS) is 21.3. The maximum Gasteiger partial charge on any atom is 0.177 e. The minimum Gasteiger partial charge on any atom is -0.294 e. The molecule has 1 aliphatic heterocycles. The standard InChI is InChI=1S/C8H8O3S3/c1-4-2-6(9)5-3-7(14(10)11)13-8(5)12-4/h3-4,14H,2H2,1H3. The van der Waals surface area contributed by atoms with E-state index in [0.717, 1.165) is 4.21 Å². The summed E-state index contributed by atoms with van der Waals surface area (Å²) < 4.78 is 22.6. The first-order chi connectivity index (χ1) is 6.58. The fourth-order valence-corrected chi connectivity index (χ4v) is 4.82. The van der Waals surface area contributed by atoms with Gasteiger partial charge in [-0.15, -0.1) is 23.1 Å². The predicted molar refractivity (Wildman–Crippen MR) is 57.2 cm³/mol. The van der Waals surface area contributed by atoms with E-state index < -0.39 is 10.7 Å². The molecule has 1 aromatic heterocycles. The Labute approximate surface area is 91.5 Å². The Hall–Kier alpha value is -0.330. The summed E-state index contributed by atoms with van der Waals surface area (Å²) in [6.07, 6.45) is 0.503. The molecule has 76 valence electrons. The summed E-state index contributed by atoms with van der Waals surface area (Å²) in [5.41, 5.74) is 0.590. The van der Waals surface area contributed by atoms with Gasteiger partial charge < -0.3 is 0 Å². The molecule has 1 aliphatic rings. The molecule has 0 saturated carbocycles. The molecule has 0 bridgehead atoms. The summed E-state index contributed by atoms with van der Waals surface area (Å²) in [6, 6.07) is 1.49. The van der Waals surface area contributed by atoms with Crippen molar-refractivity contribution < 1.29 is 13.2 Å². The van der Waals surface area contributed by atoms with Crippen molar-refractivity contribution in [1.29, 1.82) is 0 Å². The molecule has 2 heterocycles. The van der Waals surface area contributed by atoms with E-state index in [1.165, 1.54) is 17.4 Å². The van der Waals surface area contributed by atoms with Crippen LogP contribution in [0.5, 0.6) is 0 Å². The van der Waals surface area contributed by atoms with Crippen molar-refractivity contribution in [3.05, 3.63) is 11.6 Å². The second-order valence-electron chi connectivity index (χ2n) is 3.10. The zero-order valence-corrected chi connectivity index (χ0v) is 9.88. The number of thiol groups is 1. The lowest BCUT2D eigenvalue weighted by Gasteiger charge is -2.15. The number of carbonyl (C=O) groups is 1. The van der Waals surface area contributed by atoms with Gasteiger partial charge in [-0.25, -0.2) is 8.42 Å². The number of ketones is 1. The topological polar surface area (TPSA) is 51.2 Å². The monoisotopic (exact) mass is 248 g/mol. The zero-order chi connectivity index (χ0) is 10.3. The Bertz CT molecular complexity index is 450. The lowest BCUT2D eigenvalue weighted by atomic mass is 10.1. The van der Waals surface area contributed by atoms with Gasteiger partial charge in [-0.2, -0.15) is 0 Å². The molecule has 1 atom stereocenters. The van der Waals surface area contributed by atoms with Crippen LogP contribution in [0.4, 0.5) is 0 Å². The molecule has 14 heavy (non-hydrogen) atoms. The minimum absolute atomic E-state index is 0.0607. The molecule has 0 spiro atoms. The maximum atomic E-state index is 11.5. The van der Waals surface area contributed by atoms with Crippen LogP contribution in [-0.4, -0.2) is 19.5 Å². The van der Waals surface area contributed by atoms with Gasteiger partial charge in [-0.1, -0.05) is 6.92 Å². The molecule has 0 N–H and O–H groups in total. The number of hydrogen-bond donors (Lipinski definition) is 1. The lowest BCUT2D eigenvalue weighted by molar-refractivity contribution is 0.0979. The smallest absolute Gasteiger partial charge is 0.177 e. The molecule has 0 fully saturated rings. The number of carbonyl (C=O) groups excluding carboxylic acids is 1. The van der Waals surface area contributed by atoms with Gasteiger partial charge in [0.2, 0.25) is 0 Å². The third-order valence-corrected chi connectivity index (χ3v) is 5.43. The van der Waals surface area contributed by atoms with Crippen LogP contribution in [0.15, 0.2) is 14.5 Å². The third kappa shape index (κ3) is 1.74. The van der Waals surface area contributed by atoms with Crippen LogP contribution in [0, 0.1) is 0 Å². The zero-order valence-electron chi connectivity index (χ0n) is 7.35. The molecule has 2 rings (SSSR count). The van der Waals surface area contributed by atoms with Crippen molar-refractivity contribution in [2.75, 3.05) is 0 Å². The average molecular weight is 248 g/mol. The van der Waals surface area contributed by atoms with Gasteiger partial charge in [-0.05, 0) is 6.07 Å². The van der Waals surface area contributed by atoms with E-state index in [0.29, 0.717) is 16.2 Å². The molecule has 0 aliphatic carbocycles. The van der Waals surface area contributed by atoms with E-state index in [9.17, 15) is 13.2 Å². The second-order valence-corrected chi connectivity index (χ2v) is 7.16. The van der Waals surface area contributed by atoms with Crippen molar-refractivity contribution in [3.63, 3.8) is 0 Å². The number of thioether (sulfide) groups is 1. The van der Waals surface area contributed by atoms with Crippen molar-refractivity contribution >= 4 is 39.6 Å². The molecule has 3 nitrogen and oxygen atoms in total. The number of hydrogen-bond acceptors (Lipinski definition) is 5. The molecule has 0 saturated heterocycles. The average Bonchev–Trinajstić information content (AvgIpc) is 2.47. The lowest BCUT2D eigenvalue weighted by Crippen LogP contribution is -2.12. The van der Waals surface area contributed by atoms with Crippen LogP contribution in [0.2, 0.25) is 0 Å². The highest BCUT2D eigenvalue weighted by molar-refractivity contribution is 8.02. The molecular formula is C8H8O3S3. The number of Topliss-reactive ketones (excluding diaryl/α,β-unsaturated/α-hetero) is 1. The molecule has 0 aromatic carbocycles. The highest BCUT2D eigenvalue weighted by Gasteiger charge is 2.25. The number of fused-ring (bicyclic) bond motifs is 1. The van der Waals surface area contributed by atoms with Crippen LogP contribution in [-0.2, 0) is 10.7 Å². The van der Waals surface area contributed by atoms with Gasteiger partial charge >= 0.3 is 0 Å². The largest absolute Gasteiger partial charge is 0.294 e. The van der Waals surface area contributed by atoms with E-state index in [1.807, 2.05) is 6.92 Å². The van der Waals surface area contributed by atoms with Crippen LogP contribution < -0.4 is 0 Å². The molecule has 0 radical (unpaired) electrons. The van der Waals surface area contributed by atoms with E-state index >= 15 is 0 Å². The number of rotatable bonds is 1. The van der Waals surface area contributed by atoms with Gasteiger partial charge in [0.15, 0.2) is 16.5 Å². The summed E-state index contributed by atoms with van der Waals surface area (Å²) in [4.78, 5) is 11.5. The first-order valence-electron chi connectivity index (χ1n) is 4.06. The summed E-state index contributed by atoms with van der Waals surface area (Å²) in [7, 11) is -2.55. The fraction of sp³-hybridized carbons (Fsp3) is 0.375. The van der Waals surface area contributed by atoms with Gasteiger partial charge in [0.1, 0.15) is 4.21 Å². The Balaban J connectivity index is 2.50. The maximum absolute atomic E-state index is 11.5. The van der Waals surface area contributed by atoms with Gasteiger partial charge in [0.25, 0.3) is 0 Å². The quantitative estimate of drug-likeness (QED) is 0.770. The molecule has 1 unspecified atom stereocenters. The third-order valence-electron chi connectivity index (χ3n) is 1.95. The van der Waals surface area contributed by atoms with E-state index in [2.05, 4.69) is 0 Å². The first-order valence-corrected chi connectivity index (χ1v) is 6.93. The van der Waals surface area contributed by atoms with Crippen molar-refractivity contribution in [2.24, 2.45) is 0 Å². The minimum atomic E-state index is -2.55. The van der Waals surface area contributed by atoms with Gasteiger partial charge in [-0.3, -0.25) is 4.79 Å². The Morgan fingerprint density at radius 1 is 1.50 bits per heavy atom. The fourth-order valence-electron chi connectivity index (χ4n) is 1.33. The van der Waals surface area contributed by atoms with Crippen LogP contribution in [0.1, 0.15) is 23.7 Å². The summed E-state index contributed by atoms with van der Waals surface area (Å²) in [5, 5.41) is 0.256. The van der Waals surface area contributed by atoms with Crippen LogP contribution in [0.25, 0.3) is 0 Å². The van der Waals surface area contributed by atoms with E-state index in [1.54, 1.807) is 11.8 Å². The van der Waals surface area contributed by atoms with Crippen molar-refractivity contribution in [1.82, 2.24) is 0 Å². The van der Waals surface area contributed by atoms with Gasteiger partial charge in [0.05, 0.1) is 4.21 Å². The highest BCUT2D eigenvalue weighted by Crippen LogP contribution is 2.41. The Morgan fingerprint density at radius 2 is 2.21 bits per heavy atom. The van der Waals surface area contributed by atoms with Crippen LogP contribution in [0.3, 0.4) is 0 Å². The van der Waals surface area contributed by atoms with Crippen LogP contribution >= 0.6 is 23.1 Å². The molecule has 6 heteroatoms. The first kappa shape index (κ1) is 10.2. The van der Waals surface area contributed by atoms with Crippen molar-refractivity contribution in [2.45, 2.75) is 27.0 Å². The summed E-state index contributed by atoms with van der Waals surface area (Å²) in [5.74, 6) is 0.0607. The summed E-state index contributed by atoms with van der Waals surface area (Å²) >= 11 is 2.78. The van der Waals surface area contributed by atoms with E-state index in [4.69, 9.17) is 0 Å². The highest BCUT2D eigenvalue weighted by atomic mass is 32.2. The van der Waals surface area contributed by atoms with E-state index in [-0.39, 0.29) is 11.0 Å². The molecule has 0 amide bonds. The molecule has 1 aromatic rings. The number of thiophene rings is 1. The molecular weight excluding hydrogens is 240 g/mol. The SMILES string of the molecule is CC1CC(=O)c2cc([SH](=O)=O)sc2S1. The Morgan fingerprint density at radius 3 is 2.86 bits per heavy atom.